The molecule has 3 nitrogen and oxygen atoms in total. The molecule has 19 heavy (non-hydrogen) atoms. The van der Waals surface area contributed by atoms with E-state index in [0.717, 1.165) is 16.7 Å². The van der Waals surface area contributed by atoms with Gasteiger partial charge in [-0.25, -0.2) is 0 Å². The molecule has 0 radical (unpaired) electrons. The lowest BCUT2D eigenvalue weighted by molar-refractivity contribution is -0.145. The van der Waals surface area contributed by atoms with Crippen molar-refractivity contribution >= 4 is 5.97 Å². The number of benzene rings is 1. The molecule has 0 spiro atoms. The fraction of sp³-hybridized carbons (Fsp3) is 0.438. The molecule has 102 valence electrons. The second-order valence-corrected chi connectivity index (χ2v) is 5.36. The highest BCUT2D eigenvalue weighted by Gasteiger charge is 2.34. The van der Waals surface area contributed by atoms with Crippen LogP contribution in [0, 0.1) is 25.7 Å². The number of carboxylic acid groups (broad SMARTS) is 1. The summed E-state index contributed by atoms with van der Waals surface area (Å²) in [7, 11) is 0. The Balaban J connectivity index is 2.31. The van der Waals surface area contributed by atoms with E-state index in [1.807, 2.05) is 44.2 Å². The molecule has 0 heterocycles. The molecule has 1 aromatic rings. The third-order valence-electron chi connectivity index (χ3n) is 3.96. The molecule has 1 aliphatic carbocycles. The van der Waals surface area contributed by atoms with Gasteiger partial charge in [-0.15, -0.1) is 0 Å². The van der Waals surface area contributed by atoms with E-state index in [-0.39, 0.29) is 5.92 Å². The van der Waals surface area contributed by atoms with Crippen LogP contribution < -0.4 is 0 Å². The van der Waals surface area contributed by atoms with Gasteiger partial charge in [-0.05, 0) is 37.8 Å². The Morgan fingerprint density at radius 2 is 1.95 bits per heavy atom. The van der Waals surface area contributed by atoms with E-state index >= 15 is 0 Å². The Bertz CT molecular complexity index is 505. The minimum absolute atomic E-state index is 0.247. The Morgan fingerprint density at radius 1 is 1.26 bits per heavy atom. The van der Waals surface area contributed by atoms with E-state index in [0.29, 0.717) is 12.8 Å². The van der Waals surface area contributed by atoms with Gasteiger partial charge in [0.1, 0.15) is 0 Å². The molecular weight excluding hydrogens is 240 g/mol. The van der Waals surface area contributed by atoms with Crippen LogP contribution in [0.3, 0.4) is 0 Å². The van der Waals surface area contributed by atoms with Crippen LogP contribution >= 0.6 is 0 Å². The second-order valence-electron chi connectivity index (χ2n) is 5.36. The predicted molar refractivity (Wildman–Crippen MR) is 73.9 cm³/mol. The van der Waals surface area contributed by atoms with E-state index in [1.54, 1.807) is 0 Å². The minimum Gasteiger partial charge on any atom is -0.481 e. The average molecular weight is 260 g/mol. The highest BCUT2D eigenvalue weighted by molar-refractivity contribution is 5.71. The van der Waals surface area contributed by atoms with E-state index in [4.69, 9.17) is 0 Å². The second kappa shape index (κ2) is 5.57. The van der Waals surface area contributed by atoms with Crippen LogP contribution in [0.1, 0.15) is 35.6 Å². The molecule has 3 unspecified atom stereocenters. The largest absolute Gasteiger partial charge is 0.481 e. The van der Waals surface area contributed by atoms with Crippen LogP contribution in [0.5, 0.6) is 0 Å². The summed E-state index contributed by atoms with van der Waals surface area (Å²) in [5, 5.41) is 19.9. The highest BCUT2D eigenvalue weighted by atomic mass is 16.4. The molecule has 2 N–H and O–H groups in total. The molecule has 3 atom stereocenters. The van der Waals surface area contributed by atoms with Gasteiger partial charge in [-0.2, -0.15) is 0 Å². The summed E-state index contributed by atoms with van der Waals surface area (Å²) in [5.74, 6) is -1.57. The first kappa shape index (κ1) is 13.8. The van der Waals surface area contributed by atoms with Gasteiger partial charge >= 0.3 is 5.97 Å². The molecule has 0 bridgehead atoms. The number of carboxylic acids is 1. The monoisotopic (exact) mass is 260 g/mol. The number of aliphatic carboxylic acids is 1. The maximum Gasteiger partial charge on any atom is 0.307 e. The van der Waals surface area contributed by atoms with Crippen molar-refractivity contribution in [3.8, 4) is 0 Å². The van der Waals surface area contributed by atoms with Gasteiger partial charge in [0.25, 0.3) is 0 Å². The molecule has 2 rings (SSSR count). The predicted octanol–water partition coefficient (Wildman–Crippen LogP) is 3.00. The quantitative estimate of drug-likeness (QED) is 0.821. The van der Waals surface area contributed by atoms with Crippen molar-refractivity contribution in [1.29, 1.82) is 0 Å². The third kappa shape index (κ3) is 2.87. The molecule has 0 saturated heterocycles. The average Bonchev–Trinajstić information content (AvgIpc) is 2.40. The molecule has 1 aromatic carbocycles. The third-order valence-corrected chi connectivity index (χ3v) is 3.96. The summed E-state index contributed by atoms with van der Waals surface area (Å²) in [6, 6.07) is 5.93. The molecule has 0 fully saturated rings. The first-order valence-corrected chi connectivity index (χ1v) is 6.63. The molecule has 3 heteroatoms. The summed E-state index contributed by atoms with van der Waals surface area (Å²) in [6.07, 6.45) is 4.27. The van der Waals surface area contributed by atoms with Gasteiger partial charge in [0, 0.05) is 5.92 Å². The first-order chi connectivity index (χ1) is 9.00. The smallest absolute Gasteiger partial charge is 0.307 e. The first-order valence-electron chi connectivity index (χ1n) is 6.63. The lowest BCUT2D eigenvalue weighted by atomic mass is 9.76. The van der Waals surface area contributed by atoms with E-state index in [9.17, 15) is 15.0 Å². The number of aliphatic hydroxyl groups excluding tert-OH is 1. The van der Waals surface area contributed by atoms with Crippen molar-refractivity contribution in [2.75, 3.05) is 0 Å². The number of hydrogen-bond acceptors (Lipinski definition) is 2. The van der Waals surface area contributed by atoms with Gasteiger partial charge in [-0.3, -0.25) is 4.79 Å². The lowest BCUT2D eigenvalue weighted by Crippen LogP contribution is -2.30. The van der Waals surface area contributed by atoms with Gasteiger partial charge in [-0.1, -0.05) is 35.9 Å². The summed E-state index contributed by atoms with van der Waals surface area (Å²) >= 11 is 0. The van der Waals surface area contributed by atoms with E-state index in [1.165, 1.54) is 0 Å². The number of carbonyl (C=O) groups is 1. The van der Waals surface area contributed by atoms with Crippen LogP contribution in [0.25, 0.3) is 0 Å². The maximum atomic E-state index is 11.3. The van der Waals surface area contributed by atoms with Crippen molar-refractivity contribution in [1.82, 2.24) is 0 Å². The summed E-state index contributed by atoms with van der Waals surface area (Å²) in [6.45, 7) is 3.93. The number of allylic oxidation sites excluding steroid dienone is 2. The molecule has 0 amide bonds. The van der Waals surface area contributed by atoms with Crippen molar-refractivity contribution in [3.63, 3.8) is 0 Å². The van der Waals surface area contributed by atoms with Gasteiger partial charge in [0.2, 0.25) is 0 Å². The van der Waals surface area contributed by atoms with Crippen LogP contribution in [-0.4, -0.2) is 16.2 Å². The number of hydrogen-bond donors (Lipinski definition) is 2. The molecular formula is C16H20O3. The lowest BCUT2D eigenvalue weighted by Gasteiger charge is -2.30. The van der Waals surface area contributed by atoms with Crippen molar-refractivity contribution in [3.05, 3.63) is 47.0 Å². The van der Waals surface area contributed by atoms with Crippen LogP contribution in [-0.2, 0) is 4.79 Å². The summed E-state index contributed by atoms with van der Waals surface area (Å²) in [5.41, 5.74) is 2.95. The number of aryl methyl sites for hydroxylation is 2. The van der Waals surface area contributed by atoms with Gasteiger partial charge < -0.3 is 10.2 Å². The normalized spacial score (nSPS) is 24.2. The Kier molecular flexibility index (Phi) is 4.05. The van der Waals surface area contributed by atoms with E-state index < -0.39 is 18.0 Å². The fourth-order valence-corrected chi connectivity index (χ4v) is 2.78. The molecule has 0 saturated carbocycles. The SMILES string of the molecule is Cc1ccc(C)c(C(O)C2CC=CCC2C(=O)O)c1. The van der Waals surface area contributed by atoms with Crippen molar-refractivity contribution in [2.45, 2.75) is 32.8 Å². The van der Waals surface area contributed by atoms with Gasteiger partial charge in [0.15, 0.2) is 0 Å². The Labute approximate surface area is 113 Å². The highest BCUT2D eigenvalue weighted by Crippen LogP contribution is 2.37. The molecule has 0 aromatic heterocycles. The zero-order chi connectivity index (χ0) is 14.0. The molecule has 1 aliphatic rings. The van der Waals surface area contributed by atoms with Crippen LogP contribution in [0.4, 0.5) is 0 Å². The standard InChI is InChI=1S/C16H20O3/c1-10-7-8-11(2)14(9-10)15(17)12-5-3-4-6-13(12)16(18)19/h3-4,7-9,12-13,15,17H,5-6H2,1-2H3,(H,18,19). The number of aliphatic hydroxyl groups is 1. The fourth-order valence-electron chi connectivity index (χ4n) is 2.78. The van der Waals surface area contributed by atoms with Crippen LogP contribution in [0.15, 0.2) is 30.4 Å². The maximum absolute atomic E-state index is 11.3. The van der Waals surface area contributed by atoms with E-state index in [2.05, 4.69) is 0 Å². The summed E-state index contributed by atoms with van der Waals surface area (Å²) < 4.78 is 0. The Morgan fingerprint density at radius 3 is 2.63 bits per heavy atom. The number of rotatable bonds is 3. The van der Waals surface area contributed by atoms with Crippen LogP contribution in [0.2, 0.25) is 0 Å². The minimum atomic E-state index is -0.821. The zero-order valence-corrected chi connectivity index (χ0v) is 11.3. The summed E-state index contributed by atoms with van der Waals surface area (Å²) in [4.78, 5) is 11.3. The van der Waals surface area contributed by atoms with Crippen molar-refractivity contribution < 1.29 is 15.0 Å². The van der Waals surface area contributed by atoms with Gasteiger partial charge in [0.05, 0.1) is 12.0 Å². The Hall–Kier alpha value is -1.61. The topological polar surface area (TPSA) is 57.5 Å². The molecule has 0 aliphatic heterocycles. The zero-order valence-electron chi connectivity index (χ0n) is 11.3. The van der Waals surface area contributed by atoms with Crippen molar-refractivity contribution in [2.24, 2.45) is 11.8 Å².